The van der Waals surface area contributed by atoms with E-state index < -0.39 is 35.3 Å². The Morgan fingerprint density at radius 1 is 0.875 bits per heavy atom. The first-order chi connectivity index (χ1) is 15.3. The third kappa shape index (κ3) is 2.55. The van der Waals surface area contributed by atoms with Gasteiger partial charge in [-0.2, -0.15) is 0 Å². The molecule has 2 saturated heterocycles. The van der Waals surface area contributed by atoms with E-state index in [1.807, 2.05) is 0 Å². The lowest BCUT2D eigenvalue weighted by Gasteiger charge is -2.40. The van der Waals surface area contributed by atoms with Crippen molar-refractivity contribution in [2.24, 2.45) is 0 Å². The van der Waals surface area contributed by atoms with Crippen molar-refractivity contribution in [3.63, 3.8) is 0 Å². The van der Waals surface area contributed by atoms with Crippen molar-refractivity contribution >= 4 is 24.0 Å². The Balaban J connectivity index is 1.96. The summed E-state index contributed by atoms with van der Waals surface area (Å²) in [5, 5.41) is 4.98. The summed E-state index contributed by atoms with van der Waals surface area (Å²) in [5.74, 6) is -1.07. The third-order valence-electron chi connectivity index (χ3n) is 5.89. The molecule has 1 aromatic carbocycles. The summed E-state index contributed by atoms with van der Waals surface area (Å²) in [6.45, 7) is 2.90. The van der Waals surface area contributed by atoms with Crippen LogP contribution in [0, 0.1) is 0 Å². The summed E-state index contributed by atoms with van der Waals surface area (Å²) < 4.78 is 21.2. The smallest absolute Gasteiger partial charge is 0.358 e. The number of methoxy groups -OCH3 is 2. The molecule has 3 aliphatic heterocycles. The summed E-state index contributed by atoms with van der Waals surface area (Å²) in [5.41, 5.74) is -3.09. The number of carbonyl (C=O) groups is 4. The number of hydrogen-bond donors (Lipinski definition) is 2. The van der Waals surface area contributed by atoms with Crippen LogP contribution in [0.4, 0.5) is 9.59 Å². The van der Waals surface area contributed by atoms with Gasteiger partial charge in [0, 0.05) is 0 Å². The van der Waals surface area contributed by atoms with Gasteiger partial charge < -0.3 is 29.6 Å². The molecule has 12 nitrogen and oxygen atoms in total. The molecule has 0 atom stereocenters. The Morgan fingerprint density at radius 2 is 1.31 bits per heavy atom. The largest absolute Gasteiger partial charge is 0.493 e. The van der Waals surface area contributed by atoms with Crippen molar-refractivity contribution in [2.75, 3.05) is 27.4 Å². The summed E-state index contributed by atoms with van der Waals surface area (Å²) in [6, 6.07) is 1.87. The van der Waals surface area contributed by atoms with Crippen molar-refractivity contribution in [2.45, 2.75) is 38.3 Å². The summed E-state index contributed by atoms with van der Waals surface area (Å²) in [7, 11) is 2.95. The van der Waals surface area contributed by atoms with Crippen molar-refractivity contribution in [1.82, 2.24) is 20.4 Å². The van der Waals surface area contributed by atoms with Crippen LogP contribution in [0.25, 0.3) is 0 Å². The highest BCUT2D eigenvalue weighted by atomic mass is 16.6. The lowest BCUT2D eigenvalue weighted by Crippen LogP contribution is -2.74. The van der Waals surface area contributed by atoms with Crippen molar-refractivity contribution in [3.8, 4) is 11.5 Å². The van der Waals surface area contributed by atoms with Crippen LogP contribution >= 0.6 is 0 Å². The van der Waals surface area contributed by atoms with Crippen LogP contribution in [0.15, 0.2) is 12.1 Å². The molecule has 2 fully saturated rings. The third-order valence-corrected chi connectivity index (χ3v) is 5.89. The van der Waals surface area contributed by atoms with Crippen molar-refractivity contribution in [1.29, 1.82) is 0 Å². The van der Waals surface area contributed by atoms with E-state index in [9.17, 15) is 19.2 Å². The number of hydrogen-bond acceptors (Lipinski definition) is 8. The predicted molar refractivity (Wildman–Crippen MR) is 106 cm³/mol. The van der Waals surface area contributed by atoms with Gasteiger partial charge in [-0.25, -0.2) is 19.2 Å². The van der Waals surface area contributed by atoms with Gasteiger partial charge in [0.25, 0.3) is 11.3 Å². The molecule has 172 valence electrons. The van der Waals surface area contributed by atoms with Gasteiger partial charge >= 0.3 is 24.0 Å². The Kier molecular flexibility index (Phi) is 5.02. The first-order valence-electron chi connectivity index (χ1n) is 10.1. The van der Waals surface area contributed by atoms with Gasteiger partial charge in [0.05, 0.1) is 40.5 Å². The van der Waals surface area contributed by atoms with Gasteiger partial charge in [-0.1, -0.05) is 0 Å². The van der Waals surface area contributed by atoms with Gasteiger partial charge in [-0.3, -0.25) is 9.80 Å². The van der Waals surface area contributed by atoms with Crippen LogP contribution in [0.5, 0.6) is 11.5 Å². The van der Waals surface area contributed by atoms with Gasteiger partial charge in [0.1, 0.15) is 0 Å². The molecule has 4 amide bonds. The van der Waals surface area contributed by atoms with E-state index in [4.69, 9.17) is 18.9 Å². The molecule has 2 N–H and O–H groups in total. The minimum atomic E-state index is -2.18. The second-order valence-electron chi connectivity index (χ2n) is 7.37. The van der Waals surface area contributed by atoms with E-state index in [1.165, 1.54) is 14.2 Å². The summed E-state index contributed by atoms with van der Waals surface area (Å²) >= 11 is 0. The summed E-state index contributed by atoms with van der Waals surface area (Å²) in [4.78, 5) is 55.1. The van der Waals surface area contributed by atoms with Gasteiger partial charge in [-0.15, -0.1) is 0 Å². The number of fused-ring (bicyclic) bond motifs is 1. The Hall–Kier alpha value is -3.70. The average molecular weight is 448 g/mol. The second-order valence-corrected chi connectivity index (χ2v) is 7.37. The molecule has 0 radical (unpaired) electrons. The number of nitrogens with one attached hydrogen (secondary N) is 2. The number of ether oxygens (including phenoxy) is 4. The number of esters is 2. The van der Waals surface area contributed by atoms with Crippen LogP contribution in [0.1, 0.15) is 25.0 Å². The van der Waals surface area contributed by atoms with Gasteiger partial charge in [-0.05, 0) is 37.1 Å². The molecule has 32 heavy (non-hydrogen) atoms. The lowest BCUT2D eigenvalue weighted by molar-refractivity contribution is -0.178. The zero-order chi connectivity index (χ0) is 23.3. The van der Waals surface area contributed by atoms with Crippen LogP contribution in [0.2, 0.25) is 0 Å². The first kappa shape index (κ1) is 21.5. The highest BCUT2D eigenvalue weighted by molar-refractivity contribution is 6.09. The molecule has 0 spiro atoms. The van der Waals surface area contributed by atoms with Crippen molar-refractivity contribution < 1.29 is 38.1 Å². The fourth-order valence-electron chi connectivity index (χ4n) is 4.57. The van der Waals surface area contributed by atoms with Crippen LogP contribution in [0.3, 0.4) is 0 Å². The van der Waals surface area contributed by atoms with E-state index in [0.29, 0.717) is 22.6 Å². The van der Waals surface area contributed by atoms with Crippen LogP contribution < -0.4 is 20.1 Å². The van der Waals surface area contributed by atoms with E-state index in [-0.39, 0.29) is 26.3 Å². The number of benzene rings is 1. The molecular formula is C20H24N4O8. The minimum absolute atomic E-state index is 0.0279. The maximum Gasteiger partial charge on any atom is 0.358 e. The maximum atomic E-state index is 13.5. The lowest BCUT2D eigenvalue weighted by atomic mass is 9.93. The quantitative estimate of drug-likeness (QED) is 0.593. The zero-order valence-electron chi connectivity index (χ0n) is 18.1. The summed E-state index contributed by atoms with van der Waals surface area (Å²) in [6.07, 6.45) is 0. The maximum absolute atomic E-state index is 13.5. The average Bonchev–Trinajstić information content (AvgIpc) is 3.07. The fraction of sp³-hybridized carbons (Fsp3) is 0.500. The number of carbonyl (C=O) groups excluding carboxylic acids is 4. The fourth-order valence-corrected chi connectivity index (χ4v) is 4.57. The number of nitrogens with zero attached hydrogens (tertiary/aromatic N) is 2. The Labute approximate surface area is 183 Å². The monoisotopic (exact) mass is 448 g/mol. The number of urea groups is 2. The SMILES string of the molecule is CCOC(=O)C12NC(=O)N3Cc4cc(OC)c(OC)cc4CN(C(=O)N1)C32C(=O)OCC. The molecular weight excluding hydrogens is 424 g/mol. The highest BCUT2D eigenvalue weighted by Crippen LogP contribution is 2.47. The van der Waals surface area contributed by atoms with E-state index >= 15 is 0 Å². The number of amides is 4. The standard InChI is InChI=1S/C20H24N4O8/c1-5-31-15(25)19-20(16(26)32-6-2)23(17(27)21-19)9-11-7-13(29-3)14(30-4)8-12(11)10-24(20)18(28)22-19/h7-8H,5-6,9-10H2,1-4H3,(H,21,27)(H,22,28). The highest BCUT2D eigenvalue weighted by Gasteiger charge is 2.81. The molecule has 0 aliphatic carbocycles. The molecule has 0 bridgehead atoms. The second kappa shape index (κ2) is 7.46. The van der Waals surface area contributed by atoms with E-state index in [1.54, 1.807) is 26.0 Å². The molecule has 12 heteroatoms. The Morgan fingerprint density at radius 3 is 1.72 bits per heavy atom. The predicted octanol–water partition coefficient (Wildman–Crippen LogP) is 0.287. The molecule has 3 aliphatic rings. The van der Waals surface area contributed by atoms with Crippen LogP contribution in [-0.4, -0.2) is 72.6 Å². The molecule has 4 rings (SSSR count). The molecule has 0 aromatic heterocycles. The first-order valence-corrected chi connectivity index (χ1v) is 10.1. The Bertz CT molecular complexity index is 955. The van der Waals surface area contributed by atoms with E-state index in [0.717, 1.165) is 9.80 Å². The van der Waals surface area contributed by atoms with Gasteiger partial charge in [0.15, 0.2) is 11.5 Å². The molecule has 3 heterocycles. The minimum Gasteiger partial charge on any atom is -0.493 e. The normalized spacial score (nSPS) is 25.2. The van der Waals surface area contributed by atoms with Crippen LogP contribution in [-0.2, 0) is 32.2 Å². The van der Waals surface area contributed by atoms with Gasteiger partial charge in [0.2, 0.25) is 0 Å². The van der Waals surface area contributed by atoms with Crippen molar-refractivity contribution in [3.05, 3.63) is 23.3 Å². The molecule has 1 aromatic rings. The molecule has 0 unspecified atom stereocenters. The molecule has 0 saturated carbocycles. The zero-order valence-corrected chi connectivity index (χ0v) is 18.1. The van der Waals surface area contributed by atoms with E-state index in [2.05, 4.69) is 10.6 Å². The number of rotatable bonds is 6. The topological polar surface area (TPSA) is 136 Å².